The molecule has 1 aliphatic rings. The van der Waals surface area contributed by atoms with Crippen molar-refractivity contribution < 1.29 is 18.8 Å². The van der Waals surface area contributed by atoms with Crippen LogP contribution in [0.4, 0.5) is 16.2 Å². The van der Waals surface area contributed by atoms with Gasteiger partial charge in [-0.15, -0.1) is 0 Å². The normalized spacial score (nSPS) is 14.6. The van der Waals surface area contributed by atoms with E-state index < -0.39 is 17.8 Å². The number of benzene rings is 2. The second-order valence-corrected chi connectivity index (χ2v) is 7.64. The third kappa shape index (κ3) is 3.56. The van der Waals surface area contributed by atoms with Crippen molar-refractivity contribution >= 4 is 67.2 Å². The van der Waals surface area contributed by atoms with Gasteiger partial charge in [0.2, 0.25) is 0 Å². The van der Waals surface area contributed by atoms with E-state index in [4.69, 9.17) is 4.42 Å². The first-order valence-electron chi connectivity index (χ1n) is 8.47. The van der Waals surface area contributed by atoms with Crippen LogP contribution in [0, 0.1) is 0 Å². The van der Waals surface area contributed by atoms with Crippen molar-refractivity contribution in [1.82, 2.24) is 0 Å². The molecule has 1 fully saturated rings. The standard InChI is InChI=1S/C21H12Br2N2O4/c22-17-12-15(29-18(17)23)11-16-19(26)24(13-7-3-1-4-8-13)21(28)25(20(16)27)14-9-5-2-6-10-14/h1-12H. The number of urea groups is 1. The van der Waals surface area contributed by atoms with Gasteiger partial charge >= 0.3 is 6.03 Å². The molecule has 4 rings (SSSR count). The molecule has 2 heterocycles. The molecule has 4 amide bonds. The minimum absolute atomic E-state index is 0.189. The largest absolute Gasteiger partial charge is 0.449 e. The van der Waals surface area contributed by atoms with Gasteiger partial charge in [0.05, 0.1) is 15.8 Å². The Kier molecular flexibility index (Phi) is 5.21. The van der Waals surface area contributed by atoms with Gasteiger partial charge in [0.1, 0.15) is 11.3 Å². The van der Waals surface area contributed by atoms with Gasteiger partial charge < -0.3 is 4.42 Å². The molecule has 144 valence electrons. The summed E-state index contributed by atoms with van der Waals surface area (Å²) in [6, 6.07) is 17.8. The zero-order chi connectivity index (χ0) is 20.5. The number of amides is 4. The molecule has 0 bridgehead atoms. The second kappa shape index (κ2) is 7.81. The second-order valence-electron chi connectivity index (χ2n) is 6.06. The van der Waals surface area contributed by atoms with E-state index in [1.165, 1.54) is 6.08 Å². The summed E-state index contributed by atoms with van der Waals surface area (Å²) in [5.74, 6) is -1.15. The molecule has 1 aliphatic heterocycles. The van der Waals surface area contributed by atoms with Crippen molar-refractivity contribution in [2.24, 2.45) is 0 Å². The Labute approximate surface area is 182 Å². The molecule has 8 heteroatoms. The number of anilines is 2. The Hall–Kier alpha value is -2.97. The fourth-order valence-corrected chi connectivity index (χ4v) is 3.52. The van der Waals surface area contributed by atoms with Crippen molar-refractivity contribution in [2.75, 3.05) is 9.80 Å². The number of barbiturate groups is 1. The van der Waals surface area contributed by atoms with Gasteiger partial charge in [-0.3, -0.25) is 9.59 Å². The minimum Gasteiger partial charge on any atom is -0.449 e. The maximum Gasteiger partial charge on any atom is 0.343 e. The zero-order valence-electron chi connectivity index (χ0n) is 14.7. The van der Waals surface area contributed by atoms with Crippen molar-refractivity contribution in [3.8, 4) is 0 Å². The number of nitrogens with zero attached hydrogens (tertiary/aromatic N) is 2. The summed E-state index contributed by atoms with van der Waals surface area (Å²) in [4.78, 5) is 41.4. The number of halogens is 2. The van der Waals surface area contributed by atoms with Crippen LogP contribution >= 0.6 is 31.9 Å². The zero-order valence-corrected chi connectivity index (χ0v) is 17.9. The van der Waals surface area contributed by atoms with Crippen LogP contribution in [0.1, 0.15) is 5.76 Å². The lowest BCUT2D eigenvalue weighted by Gasteiger charge is -2.33. The molecule has 6 nitrogen and oxygen atoms in total. The van der Waals surface area contributed by atoms with E-state index in [-0.39, 0.29) is 11.3 Å². The lowest BCUT2D eigenvalue weighted by atomic mass is 10.1. The van der Waals surface area contributed by atoms with Crippen LogP contribution in [0.3, 0.4) is 0 Å². The van der Waals surface area contributed by atoms with E-state index in [0.717, 1.165) is 9.80 Å². The summed E-state index contributed by atoms with van der Waals surface area (Å²) in [5.41, 5.74) is 0.540. The molecule has 2 aromatic carbocycles. The van der Waals surface area contributed by atoms with Gasteiger partial charge in [-0.1, -0.05) is 36.4 Å². The number of hydrogen-bond acceptors (Lipinski definition) is 4. The molecule has 0 saturated carbocycles. The fourth-order valence-electron chi connectivity index (χ4n) is 2.92. The van der Waals surface area contributed by atoms with Crippen LogP contribution in [0.5, 0.6) is 0 Å². The third-order valence-electron chi connectivity index (χ3n) is 4.23. The number of rotatable bonds is 3. The van der Waals surface area contributed by atoms with Crippen molar-refractivity contribution in [2.45, 2.75) is 0 Å². The highest BCUT2D eigenvalue weighted by molar-refractivity contribution is 9.13. The fraction of sp³-hybridized carbons (Fsp3) is 0. The Bertz CT molecular complexity index is 1060. The number of carbonyl (C=O) groups is 3. The maximum absolute atomic E-state index is 13.1. The average molecular weight is 516 g/mol. The number of hydrogen-bond donors (Lipinski definition) is 0. The van der Waals surface area contributed by atoms with Crippen molar-refractivity contribution in [1.29, 1.82) is 0 Å². The number of imide groups is 2. The Balaban J connectivity index is 1.87. The Morgan fingerprint density at radius 2 is 1.24 bits per heavy atom. The number of furan rings is 1. The molecular formula is C21H12Br2N2O4. The first-order valence-corrected chi connectivity index (χ1v) is 10.1. The van der Waals surface area contributed by atoms with Crippen LogP contribution in [0.15, 0.2) is 85.9 Å². The molecule has 3 aromatic rings. The van der Waals surface area contributed by atoms with Crippen LogP contribution < -0.4 is 9.80 Å². The Morgan fingerprint density at radius 1 is 0.759 bits per heavy atom. The van der Waals surface area contributed by atoms with Gasteiger partial charge in [0, 0.05) is 0 Å². The molecule has 0 unspecified atom stereocenters. The summed E-state index contributed by atoms with van der Waals surface area (Å²) in [6.07, 6.45) is 1.33. The van der Waals surface area contributed by atoms with Crippen molar-refractivity contribution in [3.05, 3.63) is 87.2 Å². The molecule has 0 aliphatic carbocycles. The van der Waals surface area contributed by atoms with Gasteiger partial charge in [0.15, 0.2) is 4.67 Å². The highest BCUT2D eigenvalue weighted by atomic mass is 79.9. The molecule has 0 N–H and O–H groups in total. The molecular weight excluding hydrogens is 504 g/mol. The highest BCUT2D eigenvalue weighted by Crippen LogP contribution is 2.32. The van der Waals surface area contributed by atoms with Crippen LogP contribution in [-0.2, 0) is 9.59 Å². The van der Waals surface area contributed by atoms with E-state index in [0.29, 0.717) is 20.5 Å². The first kappa shape index (κ1) is 19.4. The quantitative estimate of drug-likeness (QED) is 0.346. The monoisotopic (exact) mass is 514 g/mol. The highest BCUT2D eigenvalue weighted by Gasteiger charge is 2.43. The topological polar surface area (TPSA) is 70.8 Å². The van der Waals surface area contributed by atoms with Crippen LogP contribution in [0.2, 0.25) is 0 Å². The van der Waals surface area contributed by atoms with Gasteiger partial charge in [0.25, 0.3) is 11.8 Å². The molecule has 1 aromatic heterocycles. The van der Waals surface area contributed by atoms with Gasteiger partial charge in [-0.25, -0.2) is 14.6 Å². The third-order valence-corrected chi connectivity index (χ3v) is 5.94. The summed E-state index contributed by atoms with van der Waals surface area (Å²) in [5, 5.41) is 0. The summed E-state index contributed by atoms with van der Waals surface area (Å²) < 4.78 is 6.55. The molecule has 0 spiro atoms. The van der Waals surface area contributed by atoms with E-state index in [2.05, 4.69) is 31.9 Å². The SMILES string of the molecule is O=C1C(=Cc2cc(Br)c(Br)o2)C(=O)N(c2ccccc2)C(=O)N1c1ccccc1. The van der Waals surface area contributed by atoms with E-state index in [9.17, 15) is 14.4 Å². The smallest absolute Gasteiger partial charge is 0.343 e. The van der Waals surface area contributed by atoms with Crippen molar-refractivity contribution in [3.63, 3.8) is 0 Å². The first-order chi connectivity index (χ1) is 14.0. The van der Waals surface area contributed by atoms with E-state index in [1.807, 2.05) is 0 Å². The Morgan fingerprint density at radius 3 is 1.66 bits per heavy atom. The van der Waals surface area contributed by atoms with Crippen LogP contribution in [-0.4, -0.2) is 17.8 Å². The lowest BCUT2D eigenvalue weighted by Crippen LogP contribution is -2.57. The number of carbonyl (C=O) groups excluding carboxylic acids is 3. The summed E-state index contributed by atoms with van der Waals surface area (Å²) in [6.45, 7) is 0. The molecule has 29 heavy (non-hydrogen) atoms. The number of para-hydroxylation sites is 2. The summed E-state index contributed by atoms with van der Waals surface area (Å²) >= 11 is 6.53. The molecule has 1 saturated heterocycles. The predicted octanol–water partition coefficient (Wildman–Crippen LogP) is 5.39. The van der Waals surface area contributed by atoms with E-state index >= 15 is 0 Å². The van der Waals surface area contributed by atoms with Gasteiger partial charge in [-0.2, -0.15) is 0 Å². The minimum atomic E-state index is -0.739. The molecule has 0 atom stereocenters. The average Bonchev–Trinajstić information content (AvgIpc) is 3.04. The molecule has 0 radical (unpaired) electrons. The summed E-state index contributed by atoms with van der Waals surface area (Å²) in [7, 11) is 0. The van der Waals surface area contributed by atoms with E-state index in [1.54, 1.807) is 66.7 Å². The predicted molar refractivity (Wildman–Crippen MR) is 115 cm³/mol. The lowest BCUT2D eigenvalue weighted by molar-refractivity contribution is -0.121. The van der Waals surface area contributed by atoms with Gasteiger partial charge in [-0.05, 0) is 68.3 Å². The maximum atomic E-state index is 13.1. The van der Waals surface area contributed by atoms with Crippen LogP contribution in [0.25, 0.3) is 6.08 Å².